The van der Waals surface area contributed by atoms with Crippen LogP contribution in [0.15, 0.2) is 6.07 Å². The second-order valence-corrected chi connectivity index (χ2v) is 4.07. The molecule has 6 heteroatoms. The first kappa shape index (κ1) is 13.0. The minimum absolute atomic E-state index is 0.186. The van der Waals surface area contributed by atoms with Crippen LogP contribution in [0.5, 0.6) is 0 Å². The number of nitrogens with two attached hydrogens (primary N) is 1. The minimum Gasteiger partial charge on any atom is -0.383 e. The van der Waals surface area contributed by atoms with E-state index >= 15 is 0 Å². The van der Waals surface area contributed by atoms with Crippen LogP contribution in [0.25, 0.3) is 0 Å². The Morgan fingerprint density at radius 2 is 2.19 bits per heavy atom. The summed E-state index contributed by atoms with van der Waals surface area (Å²) >= 11 is 5.84. The lowest BCUT2D eigenvalue weighted by Crippen LogP contribution is -2.34. The zero-order chi connectivity index (χ0) is 12.1. The summed E-state index contributed by atoms with van der Waals surface area (Å²) in [7, 11) is 1.67. The Morgan fingerprint density at radius 1 is 1.50 bits per heavy atom. The van der Waals surface area contributed by atoms with Gasteiger partial charge in [0.15, 0.2) is 0 Å². The number of ether oxygens (including phenoxy) is 1. The average molecular weight is 245 g/mol. The van der Waals surface area contributed by atoms with Gasteiger partial charge in [0.1, 0.15) is 11.0 Å². The molecule has 1 rings (SSSR count). The Hall–Kier alpha value is -1.07. The molecule has 16 heavy (non-hydrogen) atoms. The third kappa shape index (κ3) is 3.50. The van der Waals surface area contributed by atoms with Gasteiger partial charge in [0.2, 0.25) is 5.95 Å². The maximum atomic E-state index is 5.84. The number of hydrogen-bond acceptors (Lipinski definition) is 5. The first-order chi connectivity index (χ1) is 7.54. The van der Waals surface area contributed by atoms with Crippen molar-refractivity contribution in [3.63, 3.8) is 0 Å². The number of hydrogen-bond donors (Lipinski definition) is 1. The lowest BCUT2D eigenvalue weighted by Gasteiger charge is -2.27. The largest absolute Gasteiger partial charge is 0.383 e. The highest BCUT2D eigenvalue weighted by Crippen LogP contribution is 2.18. The van der Waals surface area contributed by atoms with Gasteiger partial charge in [-0.1, -0.05) is 11.6 Å². The van der Waals surface area contributed by atoms with Gasteiger partial charge in [-0.25, -0.2) is 4.98 Å². The van der Waals surface area contributed by atoms with Crippen LogP contribution < -0.4 is 10.6 Å². The van der Waals surface area contributed by atoms with Crippen molar-refractivity contribution in [1.82, 2.24) is 9.97 Å². The van der Waals surface area contributed by atoms with Gasteiger partial charge in [-0.15, -0.1) is 0 Å². The molecule has 0 radical (unpaired) electrons. The first-order valence-electron chi connectivity index (χ1n) is 5.10. The number of aromatic nitrogens is 2. The third-order valence-electron chi connectivity index (χ3n) is 2.15. The second kappa shape index (κ2) is 5.86. The molecule has 0 saturated heterocycles. The van der Waals surface area contributed by atoms with Crippen LogP contribution in [-0.4, -0.2) is 36.3 Å². The van der Waals surface area contributed by atoms with E-state index in [1.807, 2.05) is 0 Å². The van der Waals surface area contributed by atoms with Gasteiger partial charge in [-0.05, 0) is 13.8 Å². The van der Waals surface area contributed by atoms with E-state index in [2.05, 4.69) is 28.7 Å². The highest BCUT2D eigenvalue weighted by molar-refractivity contribution is 6.29. The van der Waals surface area contributed by atoms with Gasteiger partial charge >= 0.3 is 0 Å². The third-order valence-corrected chi connectivity index (χ3v) is 2.35. The molecule has 5 nitrogen and oxygen atoms in total. The van der Waals surface area contributed by atoms with Crippen LogP contribution >= 0.6 is 11.6 Å². The molecule has 1 aromatic heterocycles. The molecule has 0 aliphatic rings. The number of nitrogen functional groups attached to an aromatic ring is 1. The minimum atomic E-state index is 0.186. The van der Waals surface area contributed by atoms with Crippen LogP contribution in [0.2, 0.25) is 5.15 Å². The van der Waals surface area contributed by atoms with Crippen molar-refractivity contribution in [2.45, 2.75) is 19.9 Å². The Morgan fingerprint density at radius 3 is 2.69 bits per heavy atom. The summed E-state index contributed by atoms with van der Waals surface area (Å²) in [5.74, 6) is 0.912. The molecule has 0 aliphatic carbocycles. The van der Waals surface area contributed by atoms with E-state index in [1.165, 1.54) is 0 Å². The van der Waals surface area contributed by atoms with Crippen LogP contribution in [0.4, 0.5) is 11.8 Å². The number of methoxy groups -OCH3 is 1. The first-order valence-corrected chi connectivity index (χ1v) is 5.48. The van der Waals surface area contributed by atoms with E-state index in [9.17, 15) is 0 Å². The molecule has 0 saturated carbocycles. The summed E-state index contributed by atoms with van der Waals surface area (Å²) in [6.07, 6.45) is 0. The van der Waals surface area contributed by atoms with Crippen LogP contribution in [-0.2, 0) is 4.74 Å². The molecule has 2 N–H and O–H groups in total. The second-order valence-electron chi connectivity index (χ2n) is 3.69. The zero-order valence-corrected chi connectivity index (χ0v) is 10.5. The normalized spacial score (nSPS) is 10.8. The van der Waals surface area contributed by atoms with E-state index in [4.69, 9.17) is 22.1 Å². The highest BCUT2D eigenvalue weighted by Gasteiger charge is 2.13. The van der Waals surface area contributed by atoms with Crippen LogP contribution in [0.1, 0.15) is 13.8 Å². The Bertz CT molecular complexity index is 325. The fraction of sp³-hybridized carbons (Fsp3) is 0.600. The zero-order valence-electron chi connectivity index (χ0n) is 9.77. The molecule has 0 bridgehead atoms. The maximum absolute atomic E-state index is 5.84. The van der Waals surface area contributed by atoms with Crippen molar-refractivity contribution in [2.24, 2.45) is 0 Å². The van der Waals surface area contributed by atoms with Crippen molar-refractivity contribution in [2.75, 3.05) is 30.9 Å². The van der Waals surface area contributed by atoms with Gasteiger partial charge in [-0.2, -0.15) is 4.98 Å². The molecule has 90 valence electrons. The molecule has 1 heterocycles. The summed E-state index contributed by atoms with van der Waals surface area (Å²) in [5, 5.41) is 0.352. The number of halogens is 1. The van der Waals surface area contributed by atoms with E-state index in [0.717, 1.165) is 12.4 Å². The summed E-state index contributed by atoms with van der Waals surface area (Å²) in [6.45, 7) is 5.50. The fourth-order valence-corrected chi connectivity index (χ4v) is 1.58. The number of nitrogens with zero attached hydrogens (tertiary/aromatic N) is 3. The molecule has 0 aromatic carbocycles. The number of rotatable bonds is 5. The van der Waals surface area contributed by atoms with Crippen LogP contribution in [0.3, 0.4) is 0 Å². The van der Waals surface area contributed by atoms with Crippen molar-refractivity contribution >= 4 is 23.4 Å². The van der Waals surface area contributed by atoms with E-state index < -0.39 is 0 Å². The SMILES string of the molecule is COCCN(c1cc(Cl)nc(N)n1)C(C)C. The summed E-state index contributed by atoms with van der Waals surface area (Å²) in [5.41, 5.74) is 5.56. The molecule has 0 atom stereocenters. The van der Waals surface area contributed by atoms with Gasteiger partial charge in [0.25, 0.3) is 0 Å². The predicted molar refractivity (Wildman–Crippen MR) is 65.8 cm³/mol. The number of anilines is 2. The lowest BCUT2D eigenvalue weighted by atomic mass is 10.3. The topological polar surface area (TPSA) is 64.3 Å². The van der Waals surface area contributed by atoms with Crippen molar-refractivity contribution < 1.29 is 4.74 Å². The summed E-state index contributed by atoms with van der Waals surface area (Å²) in [4.78, 5) is 10.1. The van der Waals surface area contributed by atoms with E-state index in [1.54, 1.807) is 13.2 Å². The molecular weight excluding hydrogens is 228 g/mol. The van der Waals surface area contributed by atoms with Gasteiger partial charge in [-0.3, -0.25) is 0 Å². The van der Waals surface area contributed by atoms with E-state index in [-0.39, 0.29) is 5.95 Å². The van der Waals surface area contributed by atoms with Crippen molar-refractivity contribution in [3.8, 4) is 0 Å². The van der Waals surface area contributed by atoms with Gasteiger partial charge in [0, 0.05) is 25.8 Å². The van der Waals surface area contributed by atoms with Crippen molar-refractivity contribution in [3.05, 3.63) is 11.2 Å². The molecule has 0 fully saturated rings. The molecular formula is C10H17ClN4O. The average Bonchev–Trinajstić information content (AvgIpc) is 2.16. The van der Waals surface area contributed by atoms with Crippen molar-refractivity contribution in [1.29, 1.82) is 0 Å². The van der Waals surface area contributed by atoms with Crippen LogP contribution in [0, 0.1) is 0 Å². The maximum Gasteiger partial charge on any atom is 0.223 e. The Kier molecular flexibility index (Phi) is 4.76. The monoisotopic (exact) mass is 244 g/mol. The molecule has 0 amide bonds. The smallest absolute Gasteiger partial charge is 0.223 e. The Labute approximate surface area is 101 Å². The van der Waals surface area contributed by atoms with Gasteiger partial charge < -0.3 is 15.4 Å². The van der Waals surface area contributed by atoms with E-state index in [0.29, 0.717) is 17.8 Å². The predicted octanol–water partition coefficient (Wildman–Crippen LogP) is 1.57. The standard InChI is InChI=1S/C10H17ClN4O/c1-7(2)15(4-5-16-3)9-6-8(11)13-10(12)14-9/h6-7H,4-5H2,1-3H3,(H2,12,13,14). The molecule has 0 spiro atoms. The van der Waals surface area contributed by atoms with Gasteiger partial charge in [0.05, 0.1) is 6.61 Å². The molecule has 0 aliphatic heterocycles. The molecule has 0 unspecified atom stereocenters. The Balaban J connectivity index is 2.91. The molecule has 1 aromatic rings. The summed E-state index contributed by atoms with van der Waals surface area (Å²) in [6, 6.07) is 1.99. The quantitative estimate of drug-likeness (QED) is 0.797. The fourth-order valence-electron chi connectivity index (χ4n) is 1.40. The lowest BCUT2D eigenvalue weighted by molar-refractivity contribution is 0.203. The highest BCUT2D eigenvalue weighted by atomic mass is 35.5. The summed E-state index contributed by atoms with van der Waals surface area (Å²) < 4.78 is 5.06.